The number of carbonyl (C=O) groups is 2. The van der Waals surface area contributed by atoms with Gasteiger partial charge in [-0.3, -0.25) is 9.59 Å². The summed E-state index contributed by atoms with van der Waals surface area (Å²) in [6, 6.07) is 7.72. The molecular weight excluding hydrogens is 314 g/mol. The van der Waals surface area contributed by atoms with Crippen molar-refractivity contribution in [2.75, 3.05) is 19.4 Å². The summed E-state index contributed by atoms with van der Waals surface area (Å²) in [4.78, 5) is 26.1. The Labute approximate surface area is 141 Å². The summed E-state index contributed by atoms with van der Waals surface area (Å²) >= 11 is 1.49. The van der Waals surface area contributed by atoms with Gasteiger partial charge in [0, 0.05) is 23.9 Å². The normalized spacial score (nSPS) is 17.8. The number of methoxy groups -OCH3 is 1. The van der Waals surface area contributed by atoms with Crippen molar-refractivity contribution < 1.29 is 19.4 Å². The van der Waals surface area contributed by atoms with Gasteiger partial charge in [-0.15, -0.1) is 11.8 Å². The molecule has 1 unspecified atom stereocenters. The molecule has 1 aromatic carbocycles. The lowest BCUT2D eigenvalue weighted by molar-refractivity contribution is -0.139. The summed E-state index contributed by atoms with van der Waals surface area (Å²) in [5.74, 6) is 0.442. The topological polar surface area (TPSA) is 66.8 Å². The van der Waals surface area contributed by atoms with E-state index >= 15 is 0 Å². The minimum atomic E-state index is -0.797. The molecule has 1 heterocycles. The van der Waals surface area contributed by atoms with Crippen LogP contribution in [0.1, 0.15) is 32.1 Å². The highest BCUT2D eigenvalue weighted by atomic mass is 32.2. The SMILES string of the molecule is COc1cccc(SCC(=O)N2CCCCC2CCC(=O)O)c1. The highest BCUT2D eigenvalue weighted by Gasteiger charge is 2.26. The Bertz CT molecular complexity index is 549. The zero-order valence-corrected chi connectivity index (χ0v) is 14.2. The zero-order valence-electron chi connectivity index (χ0n) is 13.4. The van der Waals surface area contributed by atoms with E-state index in [0.29, 0.717) is 12.2 Å². The maximum atomic E-state index is 12.5. The molecule has 2 rings (SSSR count). The second-order valence-corrected chi connectivity index (χ2v) is 6.69. The third-order valence-corrected chi connectivity index (χ3v) is 5.02. The molecule has 1 amide bonds. The number of thioether (sulfide) groups is 1. The standard InChI is InChI=1S/C17H23NO4S/c1-22-14-6-4-7-15(11-14)23-12-16(19)18-10-3-2-5-13(18)8-9-17(20)21/h4,6-7,11,13H,2-3,5,8-10,12H2,1H3,(H,20,21). The van der Waals surface area contributed by atoms with Crippen LogP contribution in [0.3, 0.4) is 0 Å². The van der Waals surface area contributed by atoms with Gasteiger partial charge in [0.2, 0.25) is 5.91 Å². The maximum Gasteiger partial charge on any atom is 0.303 e. The molecule has 1 aliphatic rings. The van der Waals surface area contributed by atoms with Gasteiger partial charge in [-0.1, -0.05) is 6.07 Å². The lowest BCUT2D eigenvalue weighted by Gasteiger charge is -2.35. The largest absolute Gasteiger partial charge is 0.497 e. The van der Waals surface area contributed by atoms with Crippen LogP contribution in [0.15, 0.2) is 29.2 Å². The molecule has 1 fully saturated rings. The summed E-state index contributed by atoms with van der Waals surface area (Å²) in [5, 5.41) is 8.85. The average molecular weight is 337 g/mol. The number of amides is 1. The van der Waals surface area contributed by atoms with Gasteiger partial charge >= 0.3 is 5.97 Å². The predicted molar refractivity (Wildman–Crippen MR) is 89.9 cm³/mol. The first kappa shape index (κ1) is 17.7. The van der Waals surface area contributed by atoms with Crippen molar-refractivity contribution in [1.29, 1.82) is 0 Å². The fraction of sp³-hybridized carbons (Fsp3) is 0.529. The van der Waals surface area contributed by atoms with Crippen molar-refractivity contribution in [3.8, 4) is 5.75 Å². The molecule has 0 bridgehead atoms. The highest BCUT2D eigenvalue weighted by molar-refractivity contribution is 8.00. The smallest absolute Gasteiger partial charge is 0.303 e. The van der Waals surface area contributed by atoms with Gasteiger partial charge in [-0.2, -0.15) is 0 Å². The number of carbonyl (C=O) groups excluding carboxylic acids is 1. The summed E-state index contributed by atoms with van der Waals surface area (Å²) in [6.07, 6.45) is 3.64. The number of hydrogen-bond donors (Lipinski definition) is 1. The van der Waals surface area contributed by atoms with Crippen LogP contribution in [0.25, 0.3) is 0 Å². The van der Waals surface area contributed by atoms with Crippen LogP contribution in [0.5, 0.6) is 5.75 Å². The number of aliphatic carboxylic acids is 1. The number of nitrogens with zero attached hydrogens (tertiary/aromatic N) is 1. The number of rotatable bonds is 7. The minimum absolute atomic E-state index is 0.0678. The van der Waals surface area contributed by atoms with E-state index in [2.05, 4.69) is 0 Å². The van der Waals surface area contributed by atoms with E-state index in [0.717, 1.165) is 36.5 Å². The van der Waals surface area contributed by atoms with Crippen molar-refractivity contribution in [3.05, 3.63) is 24.3 Å². The van der Waals surface area contributed by atoms with Crippen LogP contribution in [-0.2, 0) is 9.59 Å². The number of carboxylic acid groups (broad SMARTS) is 1. The predicted octanol–water partition coefficient (Wildman–Crippen LogP) is 3.03. The highest BCUT2D eigenvalue weighted by Crippen LogP contribution is 2.26. The summed E-state index contributed by atoms with van der Waals surface area (Å²) in [7, 11) is 1.62. The van der Waals surface area contributed by atoms with Gasteiger partial charge in [-0.05, 0) is 43.9 Å². The molecule has 0 saturated carbocycles. The van der Waals surface area contributed by atoms with Crippen LogP contribution < -0.4 is 4.74 Å². The Hall–Kier alpha value is -1.69. The third-order valence-electron chi connectivity index (χ3n) is 4.04. The molecule has 1 atom stereocenters. The van der Waals surface area contributed by atoms with Crippen molar-refractivity contribution in [2.24, 2.45) is 0 Å². The molecular formula is C17H23NO4S. The quantitative estimate of drug-likeness (QED) is 0.775. The first-order chi connectivity index (χ1) is 11.1. The first-order valence-electron chi connectivity index (χ1n) is 7.88. The number of likely N-dealkylation sites (tertiary alicyclic amines) is 1. The van der Waals surface area contributed by atoms with E-state index in [1.807, 2.05) is 29.2 Å². The molecule has 0 aliphatic carbocycles. The maximum absolute atomic E-state index is 12.5. The van der Waals surface area contributed by atoms with Crippen LogP contribution in [0, 0.1) is 0 Å². The minimum Gasteiger partial charge on any atom is -0.497 e. The molecule has 0 spiro atoms. The first-order valence-corrected chi connectivity index (χ1v) is 8.87. The molecule has 126 valence electrons. The van der Waals surface area contributed by atoms with Crippen LogP contribution >= 0.6 is 11.8 Å². The summed E-state index contributed by atoms with van der Waals surface area (Å²) < 4.78 is 5.19. The lowest BCUT2D eigenvalue weighted by Crippen LogP contribution is -2.44. The summed E-state index contributed by atoms with van der Waals surface area (Å²) in [6.45, 7) is 0.738. The van der Waals surface area contributed by atoms with E-state index < -0.39 is 5.97 Å². The van der Waals surface area contributed by atoms with Gasteiger partial charge in [0.1, 0.15) is 5.75 Å². The molecule has 0 aromatic heterocycles. The van der Waals surface area contributed by atoms with Gasteiger partial charge < -0.3 is 14.7 Å². The molecule has 5 nitrogen and oxygen atoms in total. The number of piperidine rings is 1. The molecule has 1 aliphatic heterocycles. The number of hydrogen-bond acceptors (Lipinski definition) is 4. The Morgan fingerprint density at radius 3 is 2.96 bits per heavy atom. The van der Waals surface area contributed by atoms with E-state index in [1.165, 1.54) is 11.8 Å². The van der Waals surface area contributed by atoms with Crippen LogP contribution in [-0.4, -0.2) is 47.3 Å². The second-order valence-electron chi connectivity index (χ2n) is 5.64. The van der Waals surface area contributed by atoms with Gasteiger partial charge in [0.05, 0.1) is 12.9 Å². The van der Waals surface area contributed by atoms with Gasteiger partial charge in [0.25, 0.3) is 0 Å². The molecule has 0 radical (unpaired) electrons. The van der Waals surface area contributed by atoms with Crippen LogP contribution in [0.4, 0.5) is 0 Å². The number of carboxylic acids is 1. The Morgan fingerprint density at radius 2 is 2.22 bits per heavy atom. The number of ether oxygens (including phenoxy) is 1. The monoisotopic (exact) mass is 337 g/mol. The van der Waals surface area contributed by atoms with Crippen molar-refractivity contribution in [1.82, 2.24) is 4.90 Å². The van der Waals surface area contributed by atoms with Gasteiger partial charge in [-0.25, -0.2) is 0 Å². The Kier molecular flexibility index (Phi) is 6.77. The molecule has 1 aromatic rings. The fourth-order valence-electron chi connectivity index (χ4n) is 2.84. The molecule has 6 heteroatoms. The van der Waals surface area contributed by atoms with E-state index in [1.54, 1.807) is 7.11 Å². The molecule has 23 heavy (non-hydrogen) atoms. The van der Waals surface area contributed by atoms with Crippen molar-refractivity contribution in [3.63, 3.8) is 0 Å². The Balaban J connectivity index is 1.90. The molecule has 1 N–H and O–H groups in total. The van der Waals surface area contributed by atoms with Gasteiger partial charge in [0.15, 0.2) is 0 Å². The van der Waals surface area contributed by atoms with Crippen molar-refractivity contribution >= 4 is 23.6 Å². The van der Waals surface area contributed by atoms with E-state index in [-0.39, 0.29) is 18.4 Å². The van der Waals surface area contributed by atoms with E-state index in [9.17, 15) is 9.59 Å². The van der Waals surface area contributed by atoms with Crippen LogP contribution in [0.2, 0.25) is 0 Å². The average Bonchev–Trinajstić information content (AvgIpc) is 2.58. The second kappa shape index (κ2) is 8.82. The fourth-order valence-corrected chi connectivity index (χ4v) is 3.67. The van der Waals surface area contributed by atoms with E-state index in [4.69, 9.17) is 9.84 Å². The third kappa shape index (κ3) is 5.46. The molecule has 1 saturated heterocycles. The van der Waals surface area contributed by atoms with Crippen molar-refractivity contribution in [2.45, 2.75) is 43.0 Å². The zero-order chi connectivity index (χ0) is 16.7. The number of benzene rings is 1. The lowest BCUT2D eigenvalue weighted by atomic mass is 9.98. The summed E-state index contributed by atoms with van der Waals surface area (Å²) in [5.41, 5.74) is 0. The Morgan fingerprint density at radius 1 is 1.39 bits per heavy atom.